The van der Waals surface area contributed by atoms with Crippen molar-refractivity contribution in [2.75, 3.05) is 39.3 Å². The summed E-state index contributed by atoms with van der Waals surface area (Å²) in [5.41, 5.74) is 2.22. The van der Waals surface area contributed by atoms with Crippen LogP contribution in [-0.2, 0) is 16.1 Å². The largest absolute Gasteiger partial charge is 0.332 e. The molecule has 29 heavy (non-hydrogen) atoms. The Kier molecular flexibility index (Phi) is 7.59. The van der Waals surface area contributed by atoms with E-state index in [2.05, 4.69) is 29.2 Å². The summed E-state index contributed by atoms with van der Waals surface area (Å²) in [7, 11) is 0. The molecule has 5 heteroatoms. The molecule has 0 aliphatic carbocycles. The Hall–Kier alpha value is -2.92. The summed E-state index contributed by atoms with van der Waals surface area (Å²) in [6.07, 6.45) is 4.26. The molecule has 1 heterocycles. The van der Waals surface area contributed by atoms with Crippen molar-refractivity contribution in [1.82, 2.24) is 14.7 Å². The van der Waals surface area contributed by atoms with E-state index in [0.29, 0.717) is 26.2 Å². The molecule has 152 valence electrons. The van der Waals surface area contributed by atoms with Crippen molar-refractivity contribution >= 4 is 17.9 Å². The number of hydrogen-bond acceptors (Lipinski definition) is 3. The summed E-state index contributed by atoms with van der Waals surface area (Å²) < 4.78 is 0. The minimum absolute atomic E-state index is 0.387. The second-order valence-electron chi connectivity index (χ2n) is 7.21. The summed E-state index contributed by atoms with van der Waals surface area (Å²) >= 11 is 0. The third-order valence-corrected chi connectivity index (χ3v) is 5.20. The van der Waals surface area contributed by atoms with Gasteiger partial charge in [0.2, 0.25) is 0 Å². The number of benzene rings is 2. The van der Waals surface area contributed by atoms with Crippen molar-refractivity contribution in [2.24, 2.45) is 0 Å². The SMILES string of the molecule is CCN(Cc1ccccc1)C(=O)C(=O)N1CCN(C/C=C/c2ccccc2)CC1. The number of piperazine rings is 1. The van der Waals surface area contributed by atoms with E-state index in [1.807, 2.05) is 55.5 Å². The minimum Gasteiger partial charge on any atom is -0.332 e. The number of hydrogen-bond donors (Lipinski definition) is 0. The first-order chi connectivity index (χ1) is 14.2. The van der Waals surface area contributed by atoms with Gasteiger partial charge in [-0.25, -0.2) is 0 Å². The molecular formula is C24H29N3O2. The quantitative estimate of drug-likeness (QED) is 0.711. The van der Waals surface area contributed by atoms with Gasteiger partial charge in [0, 0.05) is 45.8 Å². The average Bonchev–Trinajstić information content (AvgIpc) is 2.78. The predicted molar refractivity (Wildman–Crippen MR) is 116 cm³/mol. The van der Waals surface area contributed by atoms with Crippen LogP contribution < -0.4 is 0 Å². The third-order valence-electron chi connectivity index (χ3n) is 5.20. The lowest BCUT2D eigenvalue weighted by atomic mass is 10.2. The van der Waals surface area contributed by atoms with Crippen LogP contribution in [0, 0.1) is 0 Å². The zero-order chi connectivity index (χ0) is 20.5. The van der Waals surface area contributed by atoms with E-state index >= 15 is 0 Å². The second kappa shape index (κ2) is 10.6. The zero-order valence-electron chi connectivity index (χ0n) is 17.0. The summed E-state index contributed by atoms with van der Waals surface area (Å²) in [5.74, 6) is -0.795. The fourth-order valence-corrected chi connectivity index (χ4v) is 3.44. The number of rotatable bonds is 6. The molecule has 1 aliphatic rings. The molecule has 1 saturated heterocycles. The average molecular weight is 392 g/mol. The lowest BCUT2D eigenvalue weighted by molar-refractivity contribution is -0.153. The Labute approximate surface area is 173 Å². The van der Waals surface area contributed by atoms with Gasteiger partial charge >= 0.3 is 11.8 Å². The van der Waals surface area contributed by atoms with Crippen LogP contribution >= 0.6 is 0 Å². The molecule has 0 unspecified atom stereocenters. The maximum Gasteiger partial charge on any atom is 0.312 e. The van der Waals surface area contributed by atoms with Crippen LogP contribution in [0.4, 0.5) is 0 Å². The van der Waals surface area contributed by atoms with Gasteiger partial charge in [-0.15, -0.1) is 0 Å². The number of amides is 2. The minimum atomic E-state index is -0.409. The predicted octanol–water partition coefficient (Wildman–Crippen LogP) is 2.89. The summed E-state index contributed by atoms with van der Waals surface area (Å²) in [6.45, 7) is 6.48. The van der Waals surface area contributed by atoms with E-state index in [1.165, 1.54) is 5.56 Å². The molecule has 0 N–H and O–H groups in total. The van der Waals surface area contributed by atoms with Crippen molar-refractivity contribution in [3.05, 3.63) is 77.9 Å². The molecule has 1 fully saturated rings. The fraction of sp³-hybridized carbons (Fsp3) is 0.333. The highest BCUT2D eigenvalue weighted by atomic mass is 16.2. The molecule has 1 aliphatic heterocycles. The molecule has 0 radical (unpaired) electrons. The monoisotopic (exact) mass is 391 g/mol. The Balaban J connectivity index is 1.47. The van der Waals surface area contributed by atoms with Crippen LogP contribution in [0.25, 0.3) is 6.08 Å². The van der Waals surface area contributed by atoms with E-state index in [4.69, 9.17) is 0 Å². The third kappa shape index (κ3) is 6.03. The standard InChI is InChI=1S/C24H29N3O2/c1-2-26(20-22-12-7-4-8-13-22)23(28)24(29)27-18-16-25(17-19-27)15-9-14-21-10-5-3-6-11-21/h3-14H,2,15-20H2,1H3/b14-9+. The van der Waals surface area contributed by atoms with E-state index in [-0.39, 0.29) is 5.91 Å². The van der Waals surface area contributed by atoms with Gasteiger partial charge in [-0.05, 0) is 18.1 Å². The smallest absolute Gasteiger partial charge is 0.312 e. The first kappa shape index (κ1) is 20.8. The topological polar surface area (TPSA) is 43.9 Å². The summed E-state index contributed by atoms with van der Waals surface area (Å²) in [4.78, 5) is 31.0. The first-order valence-electron chi connectivity index (χ1n) is 10.2. The van der Waals surface area contributed by atoms with Crippen LogP contribution in [-0.4, -0.2) is 65.8 Å². The Morgan fingerprint density at radius 1 is 0.931 bits per heavy atom. The van der Waals surface area contributed by atoms with E-state index in [1.54, 1.807) is 9.80 Å². The van der Waals surface area contributed by atoms with Crippen molar-refractivity contribution in [1.29, 1.82) is 0 Å². The summed E-state index contributed by atoms with van der Waals surface area (Å²) in [5, 5.41) is 0. The van der Waals surface area contributed by atoms with E-state index in [0.717, 1.165) is 25.2 Å². The first-order valence-corrected chi connectivity index (χ1v) is 10.2. The fourth-order valence-electron chi connectivity index (χ4n) is 3.44. The van der Waals surface area contributed by atoms with Gasteiger partial charge in [0.25, 0.3) is 0 Å². The number of likely N-dealkylation sites (N-methyl/N-ethyl adjacent to an activating group) is 1. The zero-order valence-corrected chi connectivity index (χ0v) is 17.0. The van der Waals surface area contributed by atoms with E-state index < -0.39 is 5.91 Å². The highest BCUT2D eigenvalue weighted by molar-refractivity contribution is 6.34. The Bertz CT molecular complexity index is 813. The summed E-state index contributed by atoms with van der Waals surface area (Å²) in [6, 6.07) is 20.0. The Morgan fingerprint density at radius 2 is 1.55 bits per heavy atom. The molecule has 2 aromatic carbocycles. The maximum absolute atomic E-state index is 12.7. The van der Waals surface area contributed by atoms with Gasteiger partial charge in [-0.1, -0.05) is 72.8 Å². The van der Waals surface area contributed by atoms with Crippen molar-refractivity contribution in [2.45, 2.75) is 13.5 Å². The van der Waals surface area contributed by atoms with Gasteiger partial charge in [-0.3, -0.25) is 14.5 Å². The normalized spacial score (nSPS) is 14.9. The molecule has 0 atom stereocenters. The highest BCUT2D eigenvalue weighted by Crippen LogP contribution is 2.09. The molecule has 0 bridgehead atoms. The molecule has 0 spiro atoms. The van der Waals surface area contributed by atoms with Gasteiger partial charge in [-0.2, -0.15) is 0 Å². The van der Waals surface area contributed by atoms with Crippen molar-refractivity contribution < 1.29 is 9.59 Å². The van der Waals surface area contributed by atoms with Crippen molar-refractivity contribution in [3.63, 3.8) is 0 Å². The molecule has 3 rings (SSSR count). The lowest BCUT2D eigenvalue weighted by Gasteiger charge is -2.34. The Morgan fingerprint density at radius 3 is 2.17 bits per heavy atom. The molecule has 0 aromatic heterocycles. The van der Waals surface area contributed by atoms with Crippen LogP contribution in [0.3, 0.4) is 0 Å². The number of nitrogens with zero attached hydrogens (tertiary/aromatic N) is 3. The van der Waals surface area contributed by atoms with Crippen LogP contribution in [0.1, 0.15) is 18.1 Å². The highest BCUT2D eigenvalue weighted by Gasteiger charge is 2.28. The number of carbonyl (C=O) groups is 2. The second-order valence-corrected chi connectivity index (χ2v) is 7.21. The van der Waals surface area contributed by atoms with E-state index in [9.17, 15) is 9.59 Å². The molecule has 0 saturated carbocycles. The lowest BCUT2D eigenvalue weighted by Crippen LogP contribution is -2.53. The molecule has 5 nitrogen and oxygen atoms in total. The van der Waals surface area contributed by atoms with Gasteiger partial charge in [0.15, 0.2) is 0 Å². The van der Waals surface area contributed by atoms with Gasteiger partial charge < -0.3 is 9.80 Å². The molecule has 2 aromatic rings. The molecule has 2 amide bonds. The molecular weight excluding hydrogens is 362 g/mol. The number of carbonyl (C=O) groups excluding carboxylic acids is 2. The van der Waals surface area contributed by atoms with Crippen LogP contribution in [0.15, 0.2) is 66.7 Å². The van der Waals surface area contributed by atoms with Gasteiger partial charge in [0.1, 0.15) is 0 Å². The van der Waals surface area contributed by atoms with Crippen LogP contribution in [0.5, 0.6) is 0 Å². The van der Waals surface area contributed by atoms with Gasteiger partial charge in [0.05, 0.1) is 0 Å². The van der Waals surface area contributed by atoms with Crippen molar-refractivity contribution in [3.8, 4) is 0 Å². The maximum atomic E-state index is 12.7. The van der Waals surface area contributed by atoms with Crippen LogP contribution in [0.2, 0.25) is 0 Å².